The first kappa shape index (κ1) is 17.3. The maximum absolute atomic E-state index is 13.0. The minimum absolute atomic E-state index is 0.0805. The number of carbonyl (C=O) groups is 1. The van der Waals surface area contributed by atoms with E-state index < -0.39 is 6.10 Å². The highest BCUT2D eigenvalue weighted by Gasteiger charge is 2.35. The zero-order chi connectivity index (χ0) is 17.1. The number of morpholine rings is 1. The van der Waals surface area contributed by atoms with Crippen molar-refractivity contribution in [3.05, 3.63) is 35.6 Å². The normalized spacial score (nSPS) is 27.0. The highest BCUT2D eigenvalue weighted by atomic mass is 19.1. The molecule has 0 aliphatic carbocycles. The lowest BCUT2D eigenvalue weighted by Gasteiger charge is -2.38. The summed E-state index contributed by atoms with van der Waals surface area (Å²) < 4.78 is 18.5. The van der Waals surface area contributed by atoms with E-state index >= 15 is 0 Å². The van der Waals surface area contributed by atoms with Gasteiger partial charge in [0.15, 0.2) is 0 Å². The molecule has 2 fully saturated rings. The number of halogens is 1. The van der Waals surface area contributed by atoms with Crippen molar-refractivity contribution >= 4 is 5.91 Å². The van der Waals surface area contributed by atoms with Crippen molar-refractivity contribution < 1.29 is 19.0 Å². The zero-order valence-corrected chi connectivity index (χ0v) is 14.0. The van der Waals surface area contributed by atoms with Gasteiger partial charge >= 0.3 is 0 Å². The first-order valence-corrected chi connectivity index (χ1v) is 8.63. The van der Waals surface area contributed by atoms with Gasteiger partial charge in [0.1, 0.15) is 11.9 Å². The Labute approximate surface area is 141 Å². The second-order valence-corrected chi connectivity index (χ2v) is 6.67. The number of carbonyl (C=O) groups excluding carboxylic acids is 1. The van der Waals surface area contributed by atoms with E-state index in [0.717, 1.165) is 18.4 Å². The first-order chi connectivity index (χ1) is 11.6. The molecule has 1 unspecified atom stereocenters. The molecule has 0 bridgehead atoms. The van der Waals surface area contributed by atoms with Crippen LogP contribution in [0.4, 0.5) is 4.39 Å². The zero-order valence-electron chi connectivity index (χ0n) is 14.0. The van der Waals surface area contributed by atoms with Gasteiger partial charge in [0.25, 0.3) is 0 Å². The van der Waals surface area contributed by atoms with Gasteiger partial charge in [-0.05, 0) is 43.4 Å². The van der Waals surface area contributed by atoms with Crippen LogP contribution in [-0.4, -0.2) is 54.3 Å². The van der Waals surface area contributed by atoms with E-state index in [1.807, 2.05) is 11.8 Å². The summed E-state index contributed by atoms with van der Waals surface area (Å²) in [5, 5.41) is 13.7. The lowest BCUT2D eigenvalue weighted by molar-refractivity contribution is -0.141. The van der Waals surface area contributed by atoms with E-state index in [9.17, 15) is 14.3 Å². The van der Waals surface area contributed by atoms with Crippen LogP contribution in [0.3, 0.4) is 0 Å². The number of benzene rings is 1. The van der Waals surface area contributed by atoms with Crippen molar-refractivity contribution in [2.75, 3.05) is 26.2 Å². The van der Waals surface area contributed by atoms with Crippen molar-refractivity contribution in [3.8, 4) is 0 Å². The third kappa shape index (κ3) is 3.77. The number of nitrogens with zero attached hydrogens (tertiary/aromatic N) is 1. The number of piperidine rings is 1. The van der Waals surface area contributed by atoms with Crippen LogP contribution in [-0.2, 0) is 9.53 Å². The Morgan fingerprint density at radius 3 is 2.62 bits per heavy atom. The van der Waals surface area contributed by atoms with Crippen LogP contribution < -0.4 is 5.32 Å². The molecule has 24 heavy (non-hydrogen) atoms. The van der Waals surface area contributed by atoms with Crippen LogP contribution in [0, 0.1) is 11.7 Å². The largest absolute Gasteiger partial charge is 0.388 e. The Balaban J connectivity index is 1.55. The van der Waals surface area contributed by atoms with E-state index in [-0.39, 0.29) is 29.8 Å². The number of hydrogen-bond donors (Lipinski definition) is 2. The molecule has 3 rings (SSSR count). The molecule has 0 radical (unpaired) electrons. The number of amides is 1. The van der Waals surface area contributed by atoms with Crippen molar-refractivity contribution in [2.24, 2.45) is 5.92 Å². The van der Waals surface area contributed by atoms with E-state index in [4.69, 9.17) is 4.74 Å². The molecule has 2 heterocycles. The molecule has 6 heteroatoms. The molecule has 2 N–H and O–H groups in total. The average molecular weight is 336 g/mol. The van der Waals surface area contributed by atoms with Crippen LogP contribution in [0.25, 0.3) is 0 Å². The van der Waals surface area contributed by atoms with Gasteiger partial charge in [-0.15, -0.1) is 0 Å². The van der Waals surface area contributed by atoms with Crippen molar-refractivity contribution in [1.82, 2.24) is 10.2 Å². The fourth-order valence-corrected chi connectivity index (χ4v) is 3.57. The molecule has 1 aromatic rings. The van der Waals surface area contributed by atoms with Gasteiger partial charge in [-0.25, -0.2) is 4.39 Å². The molecule has 1 amide bonds. The molecule has 2 saturated heterocycles. The Morgan fingerprint density at radius 1 is 1.33 bits per heavy atom. The fraction of sp³-hybridized carbons (Fsp3) is 0.611. The predicted molar refractivity (Wildman–Crippen MR) is 87.9 cm³/mol. The number of aliphatic hydroxyl groups excluding tert-OH is 1. The molecular weight excluding hydrogens is 311 g/mol. The summed E-state index contributed by atoms with van der Waals surface area (Å²) >= 11 is 0. The monoisotopic (exact) mass is 336 g/mol. The topological polar surface area (TPSA) is 61.8 Å². The Bertz CT molecular complexity index is 558. The lowest BCUT2D eigenvalue weighted by Crippen LogP contribution is -2.57. The second-order valence-electron chi connectivity index (χ2n) is 6.67. The molecule has 2 aliphatic rings. The van der Waals surface area contributed by atoms with Crippen LogP contribution >= 0.6 is 0 Å². The highest BCUT2D eigenvalue weighted by molar-refractivity contribution is 5.82. The predicted octanol–water partition coefficient (Wildman–Crippen LogP) is 1.47. The van der Waals surface area contributed by atoms with Crippen LogP contribution in [0.5, 0.6) is 0 Å². The van der Waals surface area contributed by atoms with Gasteiger partial charge < -0.3 is 20.1 Å². The lowest BCUT2D eigenvalue weighted by atomic mass is 9.87. The van der Waals surface area contributed by atoms with Gasteiger partial charge in [0.05, 0.1) is 18.8 Å². The molecule has 0 saturated carbocycles. The SMILES string of the molecule is C[C@H]1OCCN[C@@H]1C(=O)N1CCC(C(O)c2ccc(F)cc2)CC1. The third-order valence-electron chi connectivity index (χ3n) is 5.09. The minimum atomic E-state index is -0.613. The van der Waals surface area contributed by atoms with Gasteiger partial charge in [0.2, 0.25) is 5.91 Å². The van der Waals surface area contributed by atoms with Crippen molar-refractivity contribution in [2.45, 2.75) is 38.0 Å². The quantitative estimate of drug-likeness (QED) is 0.878. The summed E-state index contributed by atoms with van der Waals surface area (Å²) in [4.78, 5) is 14.5. The first-order valence-electron chi connectivity index (χ1n) is 8.63. The summed E-state index contributed by atoms with van der Waals surface area (Å²) in [5.41, 5.74) is 0.733. The number of ether oxygens (including phenoxy) is 1. The van der Waals surface area contributed by atoms with Crippen LogP contribution in [0.15, 0.2) is 24.3 Å². The maximum atomic E-state index is 13.0. The van der Waals surface area contributed by atoms with E-state index in [1.165, 1.54) is 12.1 Å². The molecular formula is C18H25FN2O3. The number of hydrogen-bond acceptors (Lipinski definition) is 4. The molecule has 132 valence electrons. The van der Waals surface area contributed by atoms with Gasteiger partial charge in [-0.1, -0.05) is 12.1 Å². The van der Waals surface area contributed by atoms with E-state index in [0.29, 0.717) is 26.2 Å². The fourth-order valence-electron chi connectivity index (χ4n) is 3.57. The second kappa shape index (κ2) is 7.59. The maximum Gasteiger partial charge on any atom is 0.242 e. The number of nitrogens with one attached hydrogen (secondary N) is 1. The molecule has 0 aromatic heterocycles. The smallest absolute Gasteiger partial charge is 0.242 e. The summed E-state index contributed by atoms with van der Waals surface area (Å²) in [6, 6.07) is 5.71. The Hall–Kier alpha value is -1.50. The standard InChI is InChI=1S/C18H25FN2O3/c1-12-16(20-8-11-24-12)18(23)21-9-6-14(7-10-21)17(22)13-2-4-15(19)5-3-13/h2-5,12,14,16-17,20,22H,6-11H2,1H3/t12-,16+,17?/m1/s1. The Kier molecular flexibility index (Phi) is 5.48. The highest BCUT2D eigenvalue weighted by Crippen LogP contribution is 2.31. The van der Waals surface area contributed by atoms with Crippen molar-refractivity contribution in [1.29, 1.82) is 0 Å². The van der Waals surface area contributed by atoms with Crippen LogP contribution in [0.2, 0.25) is 0 Å². The van der Waals surface area contributed by atoms with E-state index in [1.54, 1.807) is 12.1 Å². The van der Waals surface area contributed by atoms with Gasteiger partial charge in [0, 0.05) is 19.6 Å². The molecule has 1 aromatic carbocycles. The number of rotatable bonds is 3. The molecule has 3 atom stereocenters. The van der Waals surface area contributed by atoms with Gasteiger partial charge in [-0.3, -0.25) is 4.79 Å². The molecule has 0 spiro atoms. The van der Waals surface area contributed by atoms with Gasteiger partial charge in [-0.2, -0.15) is 0 Å². The van der Waals surface area contributed by atoms with E-state index in [2.05, 4.69) is 5.32 Å². The summed E-state index contributed by atoms with van der Waals surface area (Å²) in [7, 11) is 0. The summed E-state index contributed by atoms with van der Waals surface area (Å²) in [6.45, 7) is 4.51. The average Bonchev–Trinajstić information content (AvgIpc) is 2.62. The third-order valence-corrected chi connectivity index (χ3v) is 5.09. The Morgan fingerprint density at radius 2 is 2.00 bits per heavy atom. The minimum Gasteiger partial charge on any atom is -0.388 e. The molecule has 2 aliphatic heterocycles. The molecule has 5 nitrogen and oxygen atoms in total. The summed E-state index contributed by atoms with van der Waals surface area (Å²) in [5.74, 6) is -0.132. The van der Waals surface area contributed by atoms with Crippen LogP contribution in [0.1, 0.15) is 31.4 Å². The van der Waals surface area contributed by atoms with Crippen molar-refractivity contribution in [3.63, 3.8) is 0 Å². The summed E-state index contributed by atoms with van der Waals surface area (Å²) in [6.07, 6.45) is 0.755. The number of likely N-dealkylation sites (tertiary alicyclic amines) is 1. The number of aliphatic hydroxyl groups is 1.